The van der Waals surface area contributed by atoms with Crippen LogP contribution in [0.25, 0.3) is 0 Å². The zero-order valence-corrected chi connectivity index (χ0v) is 23.2. The molecule has 3 aromatic carbocycles. The van der Waals surface area contributed by atoms with E-state index < -0.39 is 24.0 Å². The first kappa shape index (κ1) is 29.0. The maximum absolute atomic E-state index is 13.5. The molecule has 4 rings (SSSR count). The van der Waals surface area contributed by atoms with E-state index in [1.54, 1.807) is 0 Å². The van der Waals surface area contributed by atoms with Crippen LogP contribution < -0.4 is 16.0 Å². The summed E-state index contributed by atoms with van der Waals surface area (Å²) in [7, 11) is 0. The van der Waals surface area contributed by atoms with E-state index in [0.29, 0.717) is 18.8 Å². The van der Waals surface area contributed by atoms with Crippen LogP contribution in [0.15, 0.2) is 91.0 Å². The summed E-state index contributed by atoms with van der Waals surface area (Å²) in [5.74, 6) is -0.610. The van der Waals surface area contributed by atoms with Gasteiger partial charge in [-0.15, -0.1) is 0 Å². The largest absolute Gasteiger partial charge is 0.459 e. The first-order chi connectivity index (χ1) is 19.4. The molecule has 1 aliphatic carbocycles. The zero-order valence-electron chi connectivity index (χ0n) is 23.2. The number of ether oxygens (including phenoxy) is 1. The number of esters is 1. The average molecular weight is 542 g/mol. The lowest BCUT2D eigenvalue weighted by Crippen LogP contribution is -2.54. The summed E-state index contributed by atoms with van der Waals surface area (Å²) in [6.45, 7) is 4.21. The summed E-state index contributed by atoms with van der Waals surface area (Å²) in [6, 6.07) is 27.8. The molecule has 4 atom stereocenters. The van der Waals surface area contributed by atoms with Crippen molar-refractivity contribution >= 4 is 17.8 Å². The lowest BCUT2D eigenvalue weighted by molar-refractivity contribution is -0.149. The summed E-state index contributed by atoms with van der Waals surface area (Å²) < 4.78 is 5.54. The van der Waals surface area contributed by atoms with E-state index in [1.807, 2.05) is 92.7 Å². The van der Waals surface area contributed by atoms with Gasteiger partial charge in [0.1, 0.15) is 18.7 Å². The van der Waals surface area contributed by atoms with E-state index in [1.165, 1.54) is 5.56 Å². The molecule has 0 aliphatic heterocycles. The molecule has 3 N–H and O–H groups in total. The number of benzene rings is 3. The Morgan fingerprint density at radius 1 is 0.800 bits per heavy atom. The van der Waals surface area contributed by atoms with Crippen LogP contribution in [-0.2, 0) is 32.1 Å². The van der Waals surface area contributed by atoms with Crippen molar-refractivity contribution in [1.82, 2.24) is 16.0 Å². The topological polar surface area (TPSA) is 96.5 Å². The van der Waals surface area contributed by atoms with Gasteiger partial charge in [-0.2, -0.15) is 0 Å². The molecule has 1 aliphatic rings. The van der Waals surface area contributed by atoms with Crippen LogP contribution in [0.4, 0.5) is 0 Å². The quantitative estimate of drug-likeness (QED) is 0.267. The number of hydrogen-bond acceptors (Lipinski definition) is 5. The summed E-state index contributed by atoms with van der Waals surface area (Å²) >= 11 is 0. The molecule has 210 valence electrons. The van der Waals surface area contributed by atoms with Gasteiger partial charge in [0.2, 0.25) is 11.8 Å². The molecule has 2 amide bonds. The minimum Gasteiger partial charge on any atom is -0.459 e. The van der Waals surface area contributed by atoms with Crippen molar-refractivity contribution in [3.63, 3.8) is 0 Å². The molecule has 0 spiro atoms. The molecule has 0 radical (unpaired) electrons. The van der Waals surface area contributed by atoms with Crippen molar-refractivity contribution in [3.05, 3.63) is 108 Å². The van der Waals surface area contributed by atoms with Gasteiger partial charge in [-0.25, -0.2) is 4.79 Å². The van der Waals surface area contributed by atoms with E-state index in [4.69, 9.17) is 4.74 Å². The van der Waals surface area contributed by atoms with Gasteiger partial charge in [0.25, 0.3) is 0 Å². The second-order valence-corrected chi connectivity index (χ2v) is 10.8. The predicted molar refractivity (Wildman–Crippen MR) is 155 cm³/mol. The van der Waals surface area contributed by atoms with E-state index >= 15 is 0 Å². The Morgan fingerprint density at radius 3 is 2.02 bits per heavy atom. The summed E-state index contributed by atoms with van der Waals surface area (Å²) in [4.78, 5) is 39.4. The fourth-order valence-corrected chi connectivity index (χ4v) is 4.80. The standard InChI is InChI=1S/C33H39N3O4/c1-23(2)18-30(33(39)40-22-25-14-8-4-9-15-25)36-32(38)29(19-24-12-6-3-7-13-24)35-31(37)21-34-28-20-27(28)26-16-10-5-11-17-26/h3-17,23,27-30,34H,18-22H2,1-2H3,(H,35,37)(H,36,38)/t27-,28+,29-,30-/m1/s1. The third-order valence-corrected chi connectivity index (χ3v) is 7.01. The number of hydrogen-bond donors (Lipinski definition) is 3. The fraction of sp³-hybridized carbons (Fsp3) is 0.364. The molecule has 7 nitrogen and oxygen atoms in total. The highest BCUT2D eigenvalue weighted by atomic mass is 16.5. The van der Waals surface area contributed by atoms with Gasteiger partial charge in [-0.3, -0.25) is 9.59 Å². The van der Waals surface area contributed by atoms with Crippen LogP contribution in [0.3, 0.4) is 0 Å². The SMILES string of the molecule is CC(C)C[C@@H](NC(=O)[C@@H](Cc1ccccc1)NC(=O)CN[C@H]1C[C@@H]1c1ccccc1)C(=O)OCc1ccccc1. The van der Waals surface area contributed by atoms with E-state index in [0.717, 1.165) is 17.5 Å². The summed E-state index contributed by atoms with van der Waals surface area (Å²) in [6.07, 6.45) is 1.71. The fourth-order valence-electron chi connectivity index (χ4n) is 4.80. The normalized spacial score (nSPS) is 17.5. The van der Waals surface area contributed by atoms with E-state index in [2.05, 4.69) is 28.1 Å². The molecule has 0 bridgehead atoms. The smallest absolute Gasteiger partial charge is 0.328 e. The monoisotopic (exact) mass is 541 g/mol. The minimum absolute atomic E-state index is 0.112. The molecular formula is C33H39N3O4. The van der Waals surface area contributed by atoms with Gasteiger partial charge in [0.15, 0.2) is 0 Å². The first-order valence-electron chi connectivity index (χ1n) is 14.0. The second-order valence-electron chi connectivity index (χ2n) is 10.8. The van der Waals surface area contributed by atoms with Gasteiger partial charge < -0.3 is 20.7 Å². The van der Waals surface area contributed by atoms with Crippen LogP contribution in [0, 0.1) is 5.92 Å². The van der Waals surface area contributed by atoms with Crippen molar-refractivity contribution in [3.8, 4) is 0 Å². The minimum atomic E-state index is -0.836. The lowest BCUT2D eigenvalue weighted by Gasteiger charge is -2.24. The molecule has 40 heavy (non-hydrogen) atoms. The molecule has 0 heterocycles. The highest BCUT2D eigenvalue weighted by Crippen LogP contribution is 2.40. The number of carbonyl (C=O) groups excluding carboxylic acids is 3. The molecule has 0 unspecified atom stereocenters. The van der Waals surface area contributed by atoms with Crippen molar-refractivity contribution in [2.24, 2.45) is 5.92 Å². The Bertz CT molecular complexity index is 1230. The van der Waals surface area contributed by atoms with Crippen molar-refractivity contribution in [2.75, 3.05) is 6.54 Å². The molecule has 0 aromatic heterocycles. The van der Waals surface area contributed by atoms with Crippen molar-refractivity contribution < 1.29 is 19.1 Å². The average Bonchev–Trinajstić information content (AvgIpc) is 3.75. The van der Waals surface area contributed by atoms with E-state index in [-0.39, 0.29) is 31.0 Å². The van der Waals surface area contributed by atoms with Gasteiger partial charge in [0.05, 0.1) is 6.54 Å². The molecule has 3 aromatic rings. The Hall–Kier alpha value is -3.97. The number of carbonyl (C=O) groups is 3. The maximum Gasteiger partial charge on any atom is 0.328 e. The summed E-state index contributed by atoms with van der Waals surface area (Å²) in [5.41, 5.74) is 3.05. The number of amides is 2. The van der Waals surface area contributed by atoms with Crippen LogP contribution in [0.2, 0.25) is 0 Å². The predicted octanol–water partition coefficient (Wildman–Crippen LogP) is 4.13. The molecule has 1 fully saturated rings. The molecule has 0 saturated heterocycles. The Balaban J connectivity index is 1.36. The zero-order chi connectivity index (χ0) is 28.3. The molecule has 7 heteroatoms. The Kier molecular flexibility index (Phi) is 10.5. The number of rotatable bonds is 14. The highest BCUT2D eigenvalue weighted by molar-refractivity contribution is 5.91. The Labute approximate surface area is 236 Å². The van der Waals surface area contributed by atoms with Crippen LogP contribution in [-0.4, -0.2) is 42.5 Å². The lowest BCUT2D eigenvalue weighted by atomic mass is 10.0. The molecular weight excluding hydrogens is 502 g/mol. The van der Waals surface area contributed by atoms with E-state index in [9.17, 15) is 14.4 Å². The van der Waals surface area contributed by atoms with Gasteiger partial charge in [-0.05, 0) is 35.4 Å². The van der Waals surface area contributed by atoms with Crippen molar-refractivity contribution in [1.29, 1.82) is 0 Å². The van der Waals surface area contributed by atoms with Gasteiger partial charge >= 0.3 is 5.97 Å². The molecule has 1 saturated carbocycles. The third kappa shape index (κ3) is 9.06. The number of nitrogens with one attached hydrogen (secondary N) is 3. The van der Waals surface area contributed by atoms with Gasteiger partial charge in [0, 0.05) is 18.4 Å². The van der Waals surface area contributed by atoms with Crippen LogP contribution in [0.5, 0.6) is 0 Å². The first-order valence-corrected chi connectivity index (χ1v) is 14.0. The van der Waals surface area contributed by atoms with Gasteiger partial charge in [-0.1, -0.05) is 105 Å². The second kappa shape index (κ2) is 14.4. The third-order valence-electron chi connectivity index (χ3n) is 7.01. The maximum atomic E-state index is 13.5. The van der Waals surface area contributed by atoms with Crippen molar-refractivity contribution in [2.45, 2.75) is 63.8 Å². The van der Waals surface area contributed by atoms with Crippen LogP contribution in [0.1, 0.15) is 49.3 Å². The van der Waals surface area contributed by atoms with Crippen LogP contribution >= 0.6 is 0 Å². The Morgan fingerprint density at radius 2 is 1.40 bits per heavy atom. The highest BCUT2D eigenvalue weighted by Gasteiger charge is 2.38. The summed E-state index contributed by atoms with van der Waals surface area (Å²) in [5, 5.41) is 9.07.